The third kappa shape index (κ3) is 3.28. The molecule has 0 amide bonds. The van der Waals surface area contributed by atoms with Gasteiger partial charge in [0.25, 0.3) is 0 Å². The predicted octanol–water partition coefficient (Wildman–Crippen LogP) is 4.09. The molecule has 0 spiro atoms. The van der Waals surface area contributed by atoms with Crippen LogP contribution in [0, 0.1) is 0 Å². The van der Waals surface area contributed by atoms with Crippen molar-refractivity contribution in [3.8, 4) is 5.75 Å². The van der Waals surface area contributed by atoms with Crippen LogP contribution >= 0.6 is 23.2 Å². The quantitative estimate of drug-likeness (QED) is 0.758. The van der Waals surface area contributed by atoms with E-state index in [0.717, 1.165) is 12.1 Å². The van der Waals surface area contributed by atoms with E-state index >= 15 is 0 Å². The standard InChI is InChI=1S/C9H5Cl2F3O2/c1-4(15)5-2-8(16-9(12,13)14)7(11)3-6(5)10/h2-3H,1H3. The zero-order chi connectivity index (χ0) is 12.5. The number of ketones is 1. The van der Waals surface area contributed by atoms with Gasteiger partial charge < -0.3 is 4.74 Å². The van der Waals surface area contributed by atoms with Crippen molar-refractivity contribution < 1.29 is 22.7 Å². The summed E-state index contributed by atoms with van der Waals surface area (Å²) in [5.74, 6) is -1.13. The van der Waals surface area contributed by atoms with Crippen molar-refractivity contribution in [2.45, 2.75) is 13.3 Å². The maximum Gasteiger partial charge on any atom is 0.573 e. The van der Waals surface area contributed by atoms with Crippen LogP contribution in [0.3, 0.4) is 0 Å². The van der Waals surface area contributed by atoms with Crippen molar-refractivity contribution in [3.63, 3.8) is 0 Å². The first kappa shape index (κ1) is 13.1. The maximum atomic E-state index is 12.0. The Balaban J connectivity index is 3.20. The van der Waals surface area contributed by atoms with Gasteiger partial charge in [-0.15, -0.1) is 13.2 Å². The van der Waals surface area contributed by atoms with Gasteiger partial charge in [0.2, 0.25) is 0 Å². The number of hydrogen-bond donors (Lipinski definition) is 0. The Morgan fingerprint density at radius 1 is 1.25 bits per heavy atom. The highest BCUT2D eigenvalue weighted by Gasteiger charge is 2.32. The molecule has 16 heavy (non-hydrogen) atoms. The van der Waals surface area contributed by atoms with Crippen LogP contribution in [0.2, 0.25) is 10.0 Å². The van der Waals surface area contributed by atoms with Crippen molar-refractivity contribution in [2.75, 3.05) is 0 Å². The summed E-state index contributed by atoms with van der Waals surface area (Å²) in [6.45, 7) is 1.17. The number of benzene rings is 1. The molecule has 0 saturated carbocycles. The minimum Gasteiger partial charge on any atom is -0.404 e. The number of Topliss-reactive ketones (excluding diaryl/α,β-unsaturated/α-hetero) is 1. The van der Waals surface area contributed by atoms with E-state index in [2.05, 4.69) is 4.74 Å². The lowest BCUT2D eigenvalue weighted by Gasteiger charge is -2.11. The molecular formula is C9H5Cl2F3O2. The molecule has 1 aromatic rings. The second-order valence-corrected chi connectivity index (χ2v) is 3.68. The van der Waals surface area contributed by atoms with E-state index in [0.29, 0.717) is 0 Å². The predicted molar refractivity (Wildman–Crippen MR) is 53.1 cm³/mol. The summed E-state index contributed by atoms with van der Waals surface area (Å²) in [4.78, 5) is 11.0. The average molecular weight is 273 g/mol. The van der Waals surface area contributed by atoms with Crippen LogP contribution in [0.4, 0.5) is 13.2 Å². The zero-order valence-corrected chi connectivity index (χ0v) is 9.37. The smallest absolute Gasteiger partial charge is 0.404 e. The molecule has 0 aliphatic rings. The lowest BCUT2D eigenvalue weighted by Crippen LogP contribution is -2.17. The van der Waals surface area contributed by atoms with Crippen molar-refractivity contribution in [1.82, 2.24) is 0 Å². The lowest BCUT2D eigenvalue weighted by atomic mass is 10.1. The number of rotatable bonds is 2. The topological polar surface area (TPSA) is 26.3 Å². The molecule has 1 aromatic carbocycles. The molecule has 0 atom stereocenters. The Bertz CT molecular complexity index is 429. The van der Waals surface area contributed by atoms with Gasteiger partial charge in [0.1, 0.15) is 5.75 Å². The van der Waals surface area contributed by atoms with Crippen molar-refractivity contribution in [3.05, 3.63) is 27.7 Å². The lowest BCUT2D eigenvalue weighted by molar-refractivity contribution is -0.274. The summed E-state index contributed by atoms with van der Waals surface area (Å²) in [6, 6.07) is 1.89. The second-order valence-electron chi connectivity index (χ2n) is 2.87. The zero-order valence-electron chi connectivity index (χ0n) is 7.86. The van der Waals surface area contributed by atoms with Gasteiger partial charge in [-0.05, 0) is 19.1 Å². The second kappa shape index (κ2) is 4.51. The van der Waals surface area contributed by atoms with Gasteiger partial charge in [0.15, 0.2) is 5.78 Å². The summed E-state index contributed by atoms with van der Waals surface area (Å²) in [5.41, 5.74) is -0.0784. The number of ether oxygens (including phenoxy) is 1. The highest BCUT2D eigenvalue weighted by molar-refractivity contribution is 6.37. The van der Waals surface area contributed by atoms with E-state index in [1.807, 2.05) is 0 Å². The molecule has 0 fully saturated rings. The first-order valence-electron chi connectivity index (χ1n) is 3.96. The number of carbonyl (C=O) groups is 1. The van der Waals surface area contributed by atoms with Crippen molar-refractivity contribution in [1.29, 1.82) is 0 Å². The van der Waals surface area contributed by atoms with Crippen LogP contribution in [0.5, 0.6) is 5.75 Å². The monoisotopic (exact) mass is 272 g/mol. The first-order valence-corrected chi connectivity index (χ1v) is 4.72. The molecule has 0 aliphatic heterocycles. The van der Waals surface area contributed by atoms with Crippen molar-refractivity contribution >= 4 is 29.0 Å². The van der Waals surface area contributed by atoms with Crippen LogP contribution in [0.15, 0.2) is 12.1 Å². The highest BCUT2D eigenvalue weighted by atomic mass is 35.5. The van der Waals surface area contributed by atoms with E-state index < -0.39 is 17.9 Å². The Morgan fingerprint density at radius 3 is 2.25 bits per heavy atom. The third-order valence-corrected chi connectivity index (χ3v) is 2.23. The SMILES string of the molecule is CC(=O)c1cc(OC(F)(F)F)c(Cl)cc1Cl. The van der Waals surface area contributed by atoms with Crippen LogP contribution in [0.1, 0.15) is 17.3 Å². The van der Waals surface area contributed by atoms with Gasteiger partial charge in [0.05, 0.1) is 10.0 Å². The highest BCUT2D eigenvalue weighted by Crippen LogP contribution is 2.34. The summed E-state index contributed by atoms with van der Waals surface area (Å²) < 4.78 is 39.5. The number of halogens is 5. The molecule has 7 heteroatoms. The first-order chi connectivity index (χ1) is 7.20. The molecule has 2 nitrogen and oxygen atoms in total. The molecule has 0 N–H and O–H groups in total. The van der Waals surface area contributed by atoms with Crippen LogP contribution < -0.4 is 4.74 Å². The third-order valence-electron chi connectivity index (χ3n) is 1.63. The Morgan fingerprint density at radius 2 is 1.81 bits per heavy atom. The van der Waals surface area contributed by atoms with Crippen molar-refractivity contribution in [2.24, 2.45) is 0 Å². The maximum absolute atomic E-state index is 12.0. The molecule has 0 bridgehead atoms. The number of alkyl halides is 3. The van der Waals surface area contributed by atoms with E-state index in [1.54, 1.807) is 0 Å². The van der Waals surface area contributed by atoms with E-state index in [1.165, 1.54) is 6.92 Å². The summed E-state index contributed by atoms with van der Waals surface area (Å²) in [5, 5.41) is -0.334. The molecule has 0 heterocycles. The Labute approximate surface area is 98.9 Å². The molecule has 0 saturated heterocycles. The summed E-state index contributed by atoms with van der Waals surface area (Å²) >= 11 is 11.1. The van der Waals surface area contributed by atoms with E-state index in [-0.39, 0.29) is 15.6 Å². The van der Waals surface area contributed by atoms with Gasteiger partial charge in [-0.1, -0.05) is 23.2 Å². The molecule has 0 unspecified atom stereocenters. The normalized spacial score (nSPS) is 11.4. The van der Waals surface area contributed by atoms with Gasteiger partial charge >= 0.3 is 6.36 Å². The van der Waals surface area contributed by atoms with Crippen LogP contribution in [0.25, 0.3) is 0 Å². The molecular weight excluding hydrogens is 268 g/mol. The molecule has 88 valence electrons. The molecule has 0 radical (unpaired) electrons. The minimum absolute atomic E-state index is 0.0213. The van der Waals surface area contributed by atoms with Crippen LogP contribution in [-0.2, 0) is 0 Å². The Kier molecular flexibility index (Phi) is 3.70. The van der Waals surface area contributed by atoms with Gasteiger partial charge in [0, 0.05) is 5.56 Å². The van der Waals surface area contributed by atoms with Gasteiger partial charge in [-0.2, -0.15) is 0 Å². The fourth-order valence-electron chi connectivity index (χ4n) is 1.00. The van der Waals surface area contributed by atoms with Gasteiger partial charge in [-0.3, -0.25) is 4.79 Å². The number of hydrogen-bond acceptors (Lipinski definition) is 2. The van der Waals surface area contributed by atoms with Gasteiger partial charge in [-0.25, -0.2) is 0 Å². The summed E-state index contributed by atoms with van der Waals surface area (Å²) in [6.07, 6.45) is -4.87. The summed E-state index contributed by atoms with van der Waals surface area (Å²) in [7, 11) is 0. The molecule has 1 rings (SSSR count). The van der Waals surface area contributed by atoms with Crippen LogP contribution in [-0.4, -0.2) is 12.1 Å². The fourth-order valence-corrected chi connectivity index (χ4v) is 1.56. The Hall–Kier alpha value is -0.940. The van der Waals surface area contributed by atoms with E-state index in [4.69, 9.17) is 23.2 Å². The molecule has 0 aromatic heterocycles. The fraction of sp³-hybridized carbons (Fsp3) is 0.222. The molecule has 0 aliphatic carbocycles. The number of carbonyl (C=O) groups excluding carboxylic acids is 1. The van der Waals surface area contributed by atoms with E-state index in [9.17, 15) is 18.0 Å². The largest absolute Gasteiger partial charge is 0.573 e. The average Bonchev–Trinajstić information content (AvgIpc) is 2.07. The minimum atomic E-state index is -4.87.